The van der Waals surface area contributed by atoms with Crippen LogP contribution in [0.25, 0.3) is 39.0 Å². The largest absolute Gasteiger partial charge is 0.323 e. The van der Waals surface area contributed by atoms with Crippen molar-refractivity contribution in [2.45, 2.75) is 6.54 Å². The van der Waals surface area contributed by atoms with Crippen LogP contribution in [-0.2, 0) is 6.54 Å². The number of hydrogen-bond acceptors (Lipinski definition) is 6. The quantitative estimate of drug-likeness (QED) is 0.408. The van der Waals surface area contributed by atoms with Gasteiger partial charge in [-0.15, -0.1) is 5.10 Å². The van der Waals surface area contributed by atoms with Crippen LogP contribution < -0.4 is 5.69 Å². The van der Waals surface area contributed by atoms with Gasteiger partial charge in [0.2, 0.25) is 0 Å². The molecule has 0 bridgehead atoms. The molecule has 0 unspecified atom stereocenters. The number of hydrogen-bond donors (Lipinski definition) is 2. The Morgan fingerprint density at radius 3 is 2.76 bits per heavy atom. The summed E-state index contributed by atoms with van der Waals surface area (Å²) in [5, 5.41) is 22.4. The summed E-state index contributed by atoms with van der Waals surface area (Å²) >= 11 is 6.58. The average molecular weight is 468 g/mol. The van der Waals surface area contributed by atoms with Gasteiger partial charge in [-0.25, -0.2) is 9.48 Å². The number of H-pyrrole nitrogens is 2. The van der Waals surface area contributed by atoms with Crippen molar-refractivity contribution in [3.05, 3.63) is 87.7 Å². The maximum Gasteiger partial charge on any atom is 0.323 e. The van der Waals surface area contributed by atoms with Crippen LogP contribution in [0.15, 0.2) is 65.7 Å². The lowest BCUT2D eigenvalue weighted by molar-refractivity contribution is 0.680. The monoisotopic (exact) mass is 467 g/mol. The van der Waals surface area contributed by atoms with Crippen molar-refractivity contribution in [2.24, 2.45) is 0 Å². The highest BCUT2D eigenvalue weighted by Crippen LogP contribution is 2.31. The number of aromatic nitrogens is 8. The van der Waals surface area contributed by atoms with E-state index in [0.717, 1.165) is 22.6 Å². The Bertz CT molecular complexity index is 1780. The summed E-state index contributed by atoms with van der Waals surface area (Å²) in [4.78, 5) is 21.4. The highest BCUT2D eigenvalue weighted by Gasteiger charge is 2.16. The van der Waals surface area contributed by atoms with Crippen LogP contribution in [0.5, 0.6) is 0 Å². The molecule has 0 fully saturated rings. The third-order valence-electron chi connectivity index (χ3n) is 5.53. The van der Waals surface area contributed by atoms with E-state index < -0.39 is 0 Å². The van der Waals surface area contributed by atoms with Gasteiger partial charge < -0.3 is 9.97 Å². The highest BCUT2D eigenvalue weighted by molar-refractivity contribution is 6.35. The highest BCUT2D eigenvalue weighted by atomic mass is 35.5. The van der Waals surface area contributed by atoms with E-state index in [2.05, 4.69) is 36.4 Å². The Balaban J connectivity index is 1.43. The number of pyridine rings is 1. The minimum atomic E-state index is -0.272. The molecular formula is C23H14ClN9O. The molecule has 0 aliphatic heterocycles. The first-order valence-corrected chi connectivity index (χ1v) is 10.6. The van der Waals surface area contributed by atoms with Gasteiger partial charge in [0.05, 0.1) is 50.8 Å². The van der Waals surface area contributed by atoms with E-state index in [9.17, 15) is 4.79 Å². The molecule has 0 spiro atoms. The summed E-state index contributed by atoms with van der Waals surface area (Å²) in [5.41, 5.74) is 6.06. The molecule has 11 heteroatoms. The fourth-order valence-corrected chi connectivity index (χ4v) is 4.17. The van der Waals surface area contributed by atoms with E-state index in [1.165, 1.54) is 0 Å². The third-order valence-corrected chi connectivity index (χ3v) is 5.82. The second-order valence-corrected chi connectivity index (χ2v) is 8.07. The smallest absolute Gasteiger partial charge is 0.306 e. The average Bonchev–Trinajstić information content (AvgIpc) is 3.56. The van der Waals surface area contributed by atoms with Crippen LogP contribution in [0.1, 0.15) is 11.3 Å². The summed E-state index contributed by atoms with van der Waals surface area (Å²) in [7, 11) is 0. The van der Waals surface area contributed by atoms with Crippen molar-refractivity contribution in [1.82, 2.24) is 39.7 Å². The van der Waals surface area contributed by atoms with Crippen LogP contribution in [-0.4, -0.2) is 39.7 Å². The normalized spacial score (nSPS) is 11.3. The lowest BCUT2D eigenvalue weighted by Gasteiger charge is -2.09. The van der Waals surface area contributed by atoms with Gasteiger partial charge >= 0.3 is 5.69 Å². The van der Waals surface area contributed by atoms with Crippen molar-refractivity contribution in [3.8, 4) is 23.0 Å². The summed E-state index contributed by atoms with van der Waals surface area (Å²) in [5.74, 6) is 0. The van der Waals surface area contributed by atoms with E-state index in [-0.39, 0.29) is 5.69 Å². The molecule has 6 rings (SSSR count). The molecule has 2 aromatic carbocycles. The lowest BCUT2D eigenvalue weighted by Crippen LogP contribution is -2.05. The number of nitriles is 1. The maximum absolute atomic E-state index is 11.6. The molecule has 0 amide bonds. The van der Waals surface area contributed by atoms with Gasteiger partial charge in [-0.1, -0.05) is 16.8 Å². The predicted molar refractivity (Wildman–Crippen MR) is 126 cm³/mol. The van der Waals surface area contributed by atoms with Gasteiger partial charge in [0.1, 0.15) is 11.6 Å². The number of aromatic amines is 2. The Morgan fingerprint density at radius 1 is 1.06 bits per heavy atom. The Labute approximate surface area is 196 Å². The molecule has 0 aliphatic rings. The van der Waals surface area contributed by atoms with Crippen molar-refractivity contribution >= 4 is 33.7 Å². The molecule has 4 aromatic heterocycles. The van der Waals surface area contributed by atoms with Crippen LogP contribution in [0.2, 0.25) is 5.02 Å². The van der Waals surface area contributed by atoms with E-state index in [0.29, 0.717) is 39.2 Å². The summed E-state index contributed by atoms with van der Waals surface area (Å²) < 4.78 is 3.49. The summed E-state index contributed by atoms with van der Waals surface area (Å²) in [6, 6.07) is 16.8. The first-order valence-electron chi connectivity index (χ1n) is 10.2. The molecule has 4 heterocycles. The molecule has 0 radical (unpaired) electrons. The second-order valence-electron chi connectivity index (χ2n) is 7.66. The lowest BCUT2D eigenvalue weighted by atomic mass is 10.1. The second kappa shape index (κ2) is 7.68. The van der Waals surface area contributed by atoms with Gasteiger partial charge in [-0.3, -0.25) is 9.67 Å². The number of halogens is 1. The third kappa shape index (κ3) is 3.32. The molecule has 2 N–H and O–H groups in total. The first kappa shape index (κ1) is 19.9. The van der Waals surface area contributed by atoms with E-state index in [1.807, 2.05) is 35.0 Å². The van der Waals surface area contributed by atoms with Crippen molar-refractivity contribution in [2.75, 3.05) is 0 Å². The minimum Gasteiger partial charge on any atom is -0.306 e. The number of benzene rings is 2. The van der Waals surface area contributed by atoms with E-state index in [1.54, 1.807) is 35.3 Å². The minimum absolute atomic E-state index is 0.272. The van der Waals surface area contributed by atoms with Gasteiger partial charge in [-0.2, -0.15) is 10.4 Å². The molecule has 0 atom stereocenters. The number of nitrogens with zero attached hydrogens (tertiary/aromatic N) is 7. The molecule has 164 valence electrons. The molecule has 0 aliphatic carbocycles. The van der Waals surface area contributed by atoms with Gasteiger partial charge in [0.25, 0.3) is 0 Å². The number of fused-ring (bicyclic) bond motifs is 2. The summed E-state index contributed by atoms with van der Waals surface area (Å²) in [6.45, 7) is 0.429. The van der Waals surface area contributed by atoms with Crippen LogP contribution in [0.3, 0.4) is 0 Å². The maximum atomic E-state index is 11.6. The van der Waals surface area contributed by atoms with Gasteiger partial charge in [-0.05, 0) is 48.5 Å². The molecule has 0 saturated carbocycles. The number of nitrogens with one attached hydrogen (secondary N) is 2. The van der Waals surface area contributed by atoms with Crippen molar-refractivity contribution < 1.29 is 0 Å². The zero-order chi connectivity index (χ0) is 23.2. The predicted octanol–water partition coefficient (Wildman–Crippen LogP) is 3.42. The molecule has 0 saturated heterocycles. The van der Waals surface area contributed by atoms with Crippen LogP contribution >= 0.6 is 11.6 Å². The van der Waals surface area contributed by atoms with Gasteiger partial charge in [0.15, 0.2) is 0 Å². The van der Waals surface area contributed by atoms with Crippen LogP contribution in [0, 0.1) is 11.3 Å². The van der Waals surface area contributed by atoms with Crippen molar-refractivity contribution in [1.29, 1.82) is 5.26 Å². The zero-order valence-corrected chi connectivity index (χ0v) is 18.2. The number of imidazole rings is 1. The standard InChI is InChI=1S/C23H14ClN9O/c24-17-7-14(20-5-6-27-32(20)12-15-2-1-13(10-25)11-26-15)8-21-22(17)30-31-33(21)16-3-4-18-19(9-16)29-23(34)28-18/h1-9,11H,12H2,(H2,28,29,34). The molecule has 10 nitrogen and oxygen atoms in total. The number of rotatable bonds is 4. The molecular weight excluding hydrogens is 454 g/mol. The van der Waals surface area contributed by atoms with Gasteiger partial charge in [0, 0.05) is 18.0 Å². The fraction of sp³-hybridized carbons (Fsp3) is 0.0435. The SMILES string of the molecule is N#Cc1ccc(Cn2nccc2-c2cc(Cl)c3nnn(-c4ccc5[nH]c(=O)[nH]c5c4)c3c2)nc1. The fourth-order valence-electron chi connectivity index (χ4n) is 3.92. The van der Waals surface area contributed by atoms with E-state index >= 15 is 0 Å². The molecule has 34 heavy (non-hydrogen) atoms. The van der Waals surface area contributed by atoms with Crippen molar-refractivity contribution in [3.63, 3.8) is 0 Å². The summed E-state index contributed by atoms with van der Waals surface area (Å²) in [6.07, 6.45) is 3.25. The Kier molecular flexibility index (Phi) is 4.50. The molecule has 6 aromatic rings. The Hall–Kier alpha value is -4.75. The van der Waals surface area contributed by atoms with E-state index in [4.69, 9.17) is 16.9 Å². The zero-order valence-electron chi connectivity index (χ0n) is 17.4. The van der Waals surface area contributed by atoms with Crippen LogP contribution in [0.4, 0.5) is 0 Å². The Morgan fingerprint density at radius 2 is 1.94 bits per heavy atom. The first-order chi connectivity index (χ1) is 16.6. The topological polar surface area (TPSA) is 134 Å².